The van der Waals surface area contributed by atoms with Crippen molar-refractivity contribution in [2.24, 2.45) is 11.7 Å². The van der Waals surface area contributed by atoms with E-state index in [0.29, 0.717) is 37.6 Å². The molecule has 0 spiro atoms. The highest BCUT2D eigenvalue weighted by atomic mass is 35.5. The molecule has 1 saturated heterocycles. The Kier molecular flexibility index (Phi) is 7.56. The first-order valence-electron chi connectivity index (χ1n) is 8.45. The molecule has 1 atom stereocenters. The number of nitrogens with one attached hydrogen (secondary N) is 1. The van der Waals surface area contributed by atoms with Crippen LogP contribution in [0.2, 0.25) is 0 Å². The van der Waals surface area contributed by atoms with E-state index in [1.807, 2.05) is 0 Å². The van der Waals surface area contributed by atoms with E-state index in [4.69, 9.17) is 14.9 Å². The maximum atomic E-state index is 12.9. The normalized spacial score (nSPS) is 15.9. The van der Waals surface area contributed by atoms with Gasteiger partial charge in [0, 0.05) is 31.7 Å². The highest BCUT2D eigenvalue weighted by molar-refractivity contribution is 5.85. The van der Waals surface area contributed by atoms with Crippen molar-refractivity contribution in [3.8, 4) is 11.5 Å². The number of carbonyl (C=O) groups excluding carboxylic acids is 1. The lowest BCUT2D eigenvalue weighted by atomic mass is 9.92. The molecule has 26 heavy (non-hydrogen) atoms. The van der Waals surface area contributed by atoms with Gasteiger partial charge in [0.15, 0.2) is 0 Å². The summed E-state index contributed by atoms with van der Waals surface area (Å²) < 4.78 is 23.6. The van der Waals surface area contributed by atoms with Gasteiger partial charge in [0.05, 0.1) is 11.7 Å². The zero-order valence-electron chi connectivity index (χ0n) is 14.3. The number of rotatable bonds is 6. The van der Waals surface area contributed by atoms with Gasteiger partial charge < -0.3 is 20.2 Å². The molecule has 1 aromatic carbocycles. The second-order valence-electron chi connectivity index (χ2n) is 6.17. The van der Waals surface area contributed by atoms with Crippen LogP contribution in [0.15, 0.2) is 34.9 Å². The van der Waals surface area contributed by atoms with E-state index in [1.54, 1.807) is 18.4 Å². The summed E-state index contributed by atoms with van der Waals surface area (Å²) in [5.41, 5.74) is 7.46. The largest absolute Gasteiger partial charge is 0.444 e. The molecule has 2 heterocycles. The highest BCUT2D eigenvalue weighted by Crippen LogP contribution is 2.19. The molecule has 1 aliphatic rings. The second kappa shape index (κ2) is 9.66. The van der Waals surface area contributed by atoms with Crippen LogP contribution in [0.4, 0.5) is 4.39 Å². The number of nitrogens with zero attached hydrogens (tertiary/aromatic N) is 1. The van der Waals surface area contributed by atoms with Gasteiger partial charge in [0.1, 0.15) is 12.1 Å². The minimum absolute atomic E-state index is 0. The Balaban J connectivity index is 0.00000243. The van der Waals surface area contributed by atoms with Crippen LogP contribution >= 0.6 is 12.4 Å². The summed E-state index contributed by atoms with van der Waals surface area (Å²) in [6, 6.07) is 5.43. The van der Waals surface area contributed by atoms with Gasteiger partial charge in [-0.2, -0.15) is 0 Å². The molecule has 0 aliphatic carbocycles. The molecule has 1 aliphatic heterocycles. The molecule has 1 amide bonds. The number of aromatic nitrogens is 1. The third-order valence-corrected chi connectivity index (χ3v) is 4.40. The summed E-state index contributed by atoms with van der Waals surface area (Å²) in [7, 11) is 0. The lowest BCUT2D eigenvalue weighted by Crippen LogP contribution is -2.47. The molecule has 0 bridgehead atoms. The standard InChI is InChI=1S/C18H22FN3O3.ClH/c19-14-3-1-13(2-4-14)18-22-15(11-25-18)5-8-21-17(23)16(20)12-6-9-24-10-7-12;/h1-4,11-12,16H,5-10,20H2,(H,21,23);1H. The van der Waals surface area contributed by atoms with Gasteiger partial charge in [0.25, 0.3) is 0 Å². The van der Waals surface area contributed by atoms with Gasteiger partial charge in [-0.05, 0) is 43.0 Å². The van der Waals surface area contributed by atoms with Crippen molar-refractivity contribution in [3.05, 3.63) is 42.0 Å². The molecule has 3 N–H and O–H groups in total. The molecule has 3 rings (SSSR count). The zero-order valence-corrected chi connectivity index (χ0v) is 15.1. The molecular formula is C18H23ClFN3O3. The van der Waals surface area contributed by atoms with E-state index in [0.717, 1.165) is 18.5 Å². The van der Waals surface area contributed by atoms with Crippen LogP contribution in [-0.2, 0) is 16.0 Å². The third kappa shape index (κ3) is 5.27. The van der Waals surface area contributed by atoms with Crippen molar-refractivity contribution in [2.75, 3.05) is 19.8 Å². The van der Waals surface area contributed by atoms with E-state index in [1.165, 1.54) is 12.1 Å². The van der Waals surface area contributed by atoms with Crippen molar-refractivity contribution in [2.45, 2.75) is 25.3 Å². The number of oxazole rings is 1. The Morgan fingerprint density at radius 1 is 1.31 bits per heavy atom. The molecule has 1 fully saturated rings. The summed E-state index contributed by atoms with van der Waals surface area (Å²) >= 11 is 0. The van der Waals surface area contributed by atoms with Gasteiger partial charge >= 0.3 is 0 Å². The number of benzene rings is 1. The topological polar surface area (TPSA) is 90.4 Å². The predicted octanol–water partition coefficient (Wildman–Crippen LogP) is 2.32. The smallest absolute Gasteiger partial charge is 0.237 e. The van der Waals surface area contributed by atoms with Crippen LogP contribution in [0, 0.1) is 11.7 Å². The Morgan fingerprint density at radius 2 is 2.00 bits per heavy atom. The first-order chi connectivity index (χ1) is 12.1. The molecule has 0 radical (unpaired) electrons. The third-order valence-electron chi connectivity index (χ3n) is 4.40. The van der Waals surface area contributed by atoms with Gasteiger partial charge in [-0.1, -0.05) is 0 Å². The maximum absolute atomic E-state index is 12.9. The number of carbonyl (C=O) groups is 1. The summed E-state index contributed by atoms with van der Waals surface area (Å²) in [5.74, 6) is 0.152. The molecular weight excluding hydrogens is 361 g/mol. The number of hydrogen-bond donors (Lipinski definition) is 2. The van der Waals surface area contributed by atoms with Gasteiger partial charge in [-0.25, -0.2) is 9.37 Å². The van der Waals surface area contributed by atoms with E-state index in [9.17, 15) is 9.18 Å². The molecule has 1 unspecified atom stereocenters. The fraction of sp³-hybridized carbons (Fsp3) is 0.444. The minimum atomic E-state index is -0.504. The van der Waals surface area contributed by atoms with Crippen LogP contribution in [-0.4, -0.2) is 36.7 Å². The highest BCUT2D eigenvalue weighted by Gasteiger charge is 2.26. The molecule has 1 aromatic heterocycles. The quantitative estimate of drug-likeness (QED) is 0.798. The first-order valence-corrected chi connectivity index (χ1v) is 8.45. The van der Waals surface area contributed by atoms with Crippen LogP contribution in [0.5, 0.6) is 0 Å². The average molecular weight is 384 g/mol. The van der Waals surface area contributed by atoms with Crippen LogP contribution < -0.4 is 11.1 Å². The lowest BCUT2D eigenvalue weighted by molar-refractivity contribution is -0.124. The fourth-order valence-corrected chi connectivity index (χ4v) is 2.87. The second-order valence-corrected chi connectivity index (χ2v) is 6.17. The molecule has 6 nitrogen and oxygen atoms in total. The van der Waals surface area contributed by atoms with Crippen LogP contribution in [0.3, 0.4) is 0 Å². The first kappa shape index (κ1) is 20.4. The van der Waals surface area contributed by atoms with E-state index >= 15 is 0 Å². The van der Waals surface area contributed by atoms with Crippen molar-refractivity contribution < 1.29 is 18.3 Å². The summed E-state index contributed by atoms with van der Waals surface area (Å²) in [6.45, 7) is 1.76. The molecule has 142 valence electrons. The summed E-state index contributed by atoms with van der Waals surface area (Å²) in [5, 5.41) is 2.85. The molecule has 0 saturated carbocycles. The predicted molar refractivity (Wildman–Crippen MR) is 97.4 cm³/mol. The Morgan fingerprint density at radius 3 is 2.69 bits per heavy atom. The van der Waals surface area contributed by atoms with E-state index < -0.39 is 6.04 Å². The van der Waals surface area contributed by atoms with E-state index in [-0.39, 0.29) is 30.0 Å². The number of halogens is 2. The Bertz CT molecular complexity index is 702. The van der Waals surface area contributed by atoms with E-state index in [2.05, 4.69) is 10.3 Å². The number of hydrogen-bond acceptors (Lipinski definition) is 5. The number of amides is 1. The summed E-state index contributed by atoms with van der Waals surface area (Å²) in [4.78, 5) is 16.5. The van der Waals surface area contributed by atoms with Crippen molar-refractivity contribution in [1.29, 1.82) is 0 Å². The van der Waals surface area contributed by atoms with Crippen LogP contribution in [0.1, 0.15) is 18.5 Å². The average Bonchev–Trinajstić information content (AvgIpc) is 3.11. The van der Waals surface area contributed by atoms with Crippen molar-refractivity contribution in [3.63, 3.8) is 0 Å². The van der Waals surface area contributed by atoms with Crippen LogP contribution in [0.25, 0.3) is 11.5 Å². The monoisotopic (exact) mass is 383 g/mol. The Labute approximate surface area is 157 Å². The van der Waals surface area contributed by atoms with Gasteiger partial charge in [-0.15, -0.1) is 12.4 Å². The molecule has 8 heteroatoms. The number of nitrogens with two attached hydrogens (primary N) is 1. The van der Waals surface area contributed by atoms with Crippen molar-refractivity contribution in [1.82, 2.24) is 10.3 Å². The number of ether oxygens (including phenoxy) is 1. The molecule has 2 aromatic rings. The zero-order chi connectivity index (χ0) is 17.6. The SMILES string of the molecule is Cl.NC(C(=O)NCCc1coc(-c2ccc(F)cc2)n1)C1CCOCC1. The Hall–Kier alpha value is -1.96. The summed E-state index contributed by atoms with van der Waals surface area (Å²) in [6.07, 6.45) is 3.72. The van der Waals surface area contributed by atoms with Gasteiger partial charge in [0.2, 0.25) is 11.8 Å². The lowest BCUT2D eigenvalue weighted by Gasteiger charge is -2.26. The fourth-order valence-electron chi connectivity index (χ4n) is 2.87. The maximum Gasteiger partial charge on any atom is 0.237 e. The van der Waals surface area contributed by atoms with Gasteiger partial charge in [-0.3, -0.25) is 4.79 Å². The van der Waals surface area contributed by atoms with Crippen molar-refractivity contribution >= 4 is 18.3 Å². The minimum Gasteiger partial charge on any atom is -0.444 e.